The van der Waals surface area contributed by atoms with Gasteiger partial charge in [0, 0.05) is 6.20 Å². The summed E-state index contributed by atoms with van der Waals surface area (Å²) in [6.45, 7) is 0. The molecule has 0 amide bonds. The van der Waals surface area contributed by atoms with Crippen LogP contribution in [0.3, 0.4) is 0 Å². The number of nitrogens with zero attached hydrogens (tertiary/aromatic N) is 4. The first-order chi connectivity index (χ1) is 6.27. The van der Waals surface area contributed by atoms with Crippen molar-refractivity contribution in [2.24, 2.45) is 0 Å². The lowest BCUT2D eigenvalue weighted by Gasteiger charge is -1.92. The Morgan fingerprint density at radius 1 is 1.31 bits per heavy atom. The van der Waals surface area contributed by atoms with Crippen LogP contribution in [0.5, 0.6) is 0 Å². The van der Waals surface area contributed by atoms with Crippen molar-refractivity contribution >= 4 is 17.0 Å². The second kappa shape index (κ2) is 2.74. The highest BCUT2D eigenvalue weighted by molar-refractivity contribution is 5.72. The number of nitro groups is 1. The molecule has 0 aliphatic heterocycles. The molecule has 0 N–H and O–H groups in total. The van der Waals surface area contributed by atoms with Crippen LogP contribution in [-0.2, 0) is 0 Å². The number of pyridine rings is 1. The Morgan fingerprint density at radius 3 is 2.92 bits per heavy atom. The van der Waals surface area contributed by atoms with Crippen molar-refractivity contribution in [1.29, 1.82) is 0 Å². The lowest BCUT2D eigenvalue weighted by atomic mass is 10.4. The number of rotatable bonds is 1. The fraction of sp³-hybridized carbons (Fsp3) is 0. The van der Waals surface area contributed by atoms with Crippen molar-refractivity contribution in [3.8, 4) is 0 Å². The quantitative estimate of drug-likeness (QED) is 0.476. The predicted molar refractivity (Wildman–Crippen MR) is 44.0 cm³/mol. The first-order valence-corrected chi connectivity index (χ1v) is 3.49. The number of aromatic nitrogens is 3. The smallest absolute Gasteiger partial charge is 0.390 e. The van der Waals surface area contributed by atoms with Crippen LogP contribution >= 0.6 is 0 Å². The monoisotopic (exact) mass is 176 g/mol. The van der Waals surface area contributed by atoms with Gasteiger partial charge in [0.15, 0.2) is 5.52 Å². The van der Waals surface area contributed by atoms with Gasteiger partial charge in [-0.25, -0.2) is 4.98 Å². The highest BCUT2D eigenvalue weighted by Gasteiger charge is 2.10. The van der Waals surface area contributed by atoms with E-state index >= 15 is 0 Å². The Morgan fingerprint density at radius 2 is 2.15 bits per heavy atom. The molecule has 0 atom stereocenters. The summed E-state index contributed by atoms with van der Waals surface area (Å²) in [4.78, 5) is 20.8. The van der Waals surface area contributed by atoms with Crippen LogP contribution in [0, 0.1) is 10.1 Å². The van der Waals surface area contributed by atoms with E-state index in [1.54, 1.807) is 18.3 Å². The maximum atomic E-state index is 10.3. The van der Waals surface area contributed by atoms with E-state index in [9.17, 15) is 10.1 Å². The fourth-order valence-electron chi connectivity index (χ4n) is 0.946. The topological polar surface area (TPSA) is 81.8 Å². The molecule has 0 unspecified atom stereocenters. The third-order valence-corrected chi connectivity index (χ3v) is 1.50. The van der Waals surface area contributed by atoms with Crippen LogP contribution in [0.2, 0.25) is 0 Å². The third-order valence-electron chi connectivity index (χ3n) is 1.50. The molecule has 0 aliphatic rings. The van der Waals surface area contributed by atoms with Gasteiger partial charge in [0.25, 0.3) is 0 Å². The van der Waals surface area contributed by atoms with Gasteiger partial charge in [-0.1, -0.05) is 9.97 Å². The van der Waals surface area contributed by atoms with Crippen molar-refractivity contribution in [3.05, 3.63) is 34.6 Å². The minimum atomic E-state index is -0.632. The predicted octanol–water partition coefficient (Wildman–Crippen LogP) is 0.933. The van der Waals surface area contributed by atoms with E-state index in [0.717, 1.165) is 0 Å². The minimum absolute atomic E-state index is 0.402. The molecule has 64 valence electrons. The van der Waals surface area contributed by atoms with Gasteiger partial charge in [-0.3, -0.25) is 0 Å². The molecule has 0 aliphatic carbocycles. The lowest BCUT2D eigenvalue weighted by Crippen LogP contribution is -1.96. The molecule has 2 aromatic rings. The zero-order valence-electron chi connectivity index (χ0n) is 6.41. The average Bonchev–Trinajstić information content (AvgIpc) is 2.17. The van der Waals surface area contributed by atoms with Crippen molar-refractivity contribution in [2.75, 3.05) is 0 Å². The van der Waals surface area contributed by atoms with Gasteiger partial charge in [0.05, 0.1) is 0 Å². The number of hydrogen-bond donors (Lipinski definition) is 0. The molecule has 13 heavy (non-hydrogen) atoms. The molecule has 0 saturated heterocycles. The first kappa shape index (κ1) is 7.53. The Kier molecular flexibility index (Phi) is 1.59. The molecule has 0 radical (unpaired) electrons. The standard InChI is InChI=1S/C7H4N4O2/c12-11(13)7-9-4-6-5(10-7)2-1-3-8-6/h1-4H. The van der Waals surface area contributed by atoms with E-state index in [1.807, 2.05) is 0 Å². The van der Waals surface area contributed by atoms with Crippen molar-refractivity contribution < 1.29 is 4.92 Å². The molecule has 6 nitrogen and oxygen atoms in total. The summed E-state index contributed by atoms with van der Waals surface area (Å²) in [6, 6.07) is 3.32. The molecule has 0 spiro atoms. The Hall–Kier alpha value is -2.11. The van der Waals surface area contributed by atoms with Crippen molar-refractivity contribution in [2.45, 2.75) is 0 Å². The molecule has 0 bridgehead atoms. The van der Waals surface area contributed by atoms with Crippen molar-refractivity contribution in [3.63, 3.8) is 0 Å². The first-order valence-electron chi connectivity index (χ1n) is 3.49. The van der Waals surface area contributed by atoms with E-state index in [1.165, 1.54) is 6.20 Å². The van der Waals surface area contributed by atoms with Crippen LogP contribution in [0.25, 0.3) is 11.0 Å². The highest BCUT2D eigenvalue weighted by atomic mass is 16.6. The molecule has 0 fully saturated rings. The average molecular weight is 176 g/mol. The Labute approximate surface area is 72.4 Å². The normalized spacial score (nSPS) is 10.2. The van der Waals surface area contributed by atoms with E-state index in [4.69, 9.17) is 0 Å². The van der Waals surface area contributed by atoms with Crippen LogP contribution in [0.1, 0.15) is 0 Å². The maximum absolute atomic E-state index is 10.3. The number of fused-ring (bicyclic) bond motifs is 1. The van der Waals surface area contributed by atoms with E-state index in [2.05, 4.69) is 15.0 Å². The summed E-state index contributed by atoms with van der Waals surface area (Å²) in [7, 11) is 0. The van der Waals surface area contributed by atoms with Gasteiger partial charge in [0.1, 0.15) is 11.7 Å². The van der Waals surface area contributed by atoms with Crippen LogP contribution in [0.15, 0.2) is 24.5 Å². The molecule has 6 heteroatoms. The molecule has 2 aromatic heterocycles. The van der Waals surface area contributed by atoms with Crippen LogP contribution < -0.4 is 0 Å². The van der Waals surface area contributed by atoms with E-state index in [-0.39, 0.29) is 0 Å². The van der Waals surface area contributed by atoms with Gasteiger partial charge in [-0.15, -0.1) is 0 Å². The van der Waals surface area contributed by atoms with Gasteiger partial charge < -0.3 is 10.1 Å². The summed E-state index contributed by atoms with van der Waals surface area (Å²) >= 11 is 0. The summed E-state index contributed by atoms with van der Waals surface area (Å²) in [5.74, 6) is -0.402. The third kappa shape index (κ3) is 1.28. The Balaban J connectivity index is 2.69. The summed E-state index contributed by atoms with van der Waals surface area (Å²) in [6.07, 6.45) is 2.91. The minimum Gasteiger partial charge on any atom is -0.390 e. The zero-order chi connectivity index (χ0) is 9.26. The molecular formula is C7H4N4O2. The van der Waals surface area contributed by atoms with Crippen LogP contribution in [0.4, 0.5) is 5.95 Å². The molecular weight excluding hydrogens is 172 g/mol. The SMILES string of the molecule is O=[N+]([O-])c1ncc2ncccc2n1. The zero-order valence-corrected chi connectivity index (χ0v) is 6.41. The van der Waals surface area contributed by atoms with E-state index in [0.29, 0.717) is 11.0 Å². The van der Waals surface area contributed by atoms with Crippen molar-refractivity contribution in [1.82, 2.24) is 15.0 Å². The summed E-state index contributed by atoms with van der Waals surface area (Å²) < 4.78 is 0. The van der Waals surface area contributed by atoms with Gasteiger partial charge in [0.2, 0.25) is 0 Å². The van der Waals surface area contributed by atoms with Gasteiger partial charge >= 0.3 is 5.95 Å². The Bertz CT molecular complexity index is 471. The molecule has 0 saturated carbocycles. The second-order valence-corrected chi connectivity index (χ2v) is 2.33. The maximum Gasteiger partial charge on any atom is 0.469 e. The largest absolute Gasteiger partial charge is 0.469 e. The van der Waals surface area contributed by atoms with Gasteiger partial charge in [-0.05, 0) is 17.1 Å². The summed E-state index contributed by atoms with van der Waals surface area (Å²) in [5.41, 5.74) is 1.03. The molecule has 2 heterocycles. The molecule has 2 rings (SSSR count). The van der Waals surface area contributed by atoms with Gasteiger partial charge in [-0.2, -0.15) is 0 Å². The lowest BCUT2D eigenvalue weighted by molar-refractivity contribution is -0.394. The second-order valence-electron chi connectivity index (χ2n) is 2.33. The molecule has 0 aromatic carbocycles. The highest BCUT2D eigenvalue weighted by Crippen LogP contribution is 2.09. The summed E-state index contributed by atoms with van der Waals surface area (Å²) in [5, 5.41) is 10.3. The van der Waals surface area contributed by atoms with Crippen LogP contribution in [-0.4, -0.2) is 19.9 Å². The number of hydrogen-bond acceptors (Lipinski definition) is 5. The van der Waals surface area contributed by atoms with E-state index < -0.39 is 10.9 Å². The fourth-order valence-corrected chi connectivity index (χ4v) is 0.946.